The van der Waals surface area contributed by atoms with Crippen molar-refractivity contribution in [2.45, 2.75) is 6.42 Å². The maximum Gasteiger partial charge on any atom is 0.222 e. The largest absolute Gasteiger partial charge is 0.507 e. The van der Waals surface area contributed by atoms with Crippen LogP contribution < -0.4 is 5.73 Å². The second-order valence-corrected chi connectivity index (χ2v) is 4.60. The molecule has 1 aliphatic carbocycles. The van der Waals surface area contributed by atoms with E-state index in [1.54, 1.807) is 12.3 Å². The molecule has 2 aliphatic rings. The maximum absolute atomic E-state index is 11.2. The highest BCUT2D eigenvalue weighted by molar-refractivity contribution is 5.96. The number of benzene rings is 1. The highest BCUT2D eigenvalue weighted by Gasteiger charge is 2.25. The first kappa shape index (κ1) is 12.3. The van der Waals surface area contributed by atoms with Crippen molar-refractivity contribution < 1.29 is 14.3 Å². The van der Waals surface area contributed by atoms with E-state index < -0.39 is 5.91 Å². The summed E-state index contributed by atoms with van der Waals surface area (Å²) in [6.45, 7) is 0. The number of hydrogen-bond donors (Lipinski definition) is 2. The minimum Gasteiger partial charge on any atom is -0.507 e. The number of hydrogen-bond acceptors (Lipinski definition) is 3. The second-order valence-electron chi connectivity index (χ2n) is 4.60. The molecule has 20 heavy (non-hydrogen) atoms. The molecule has 0 aromatic heterocycles. The van der Waals surface area contributed by atoms with Crippen molar-refractivity contribution in [1.29, 1.82) is 0 Å². The molecule has 1 aromatic carbocycles. The standard InChI is InChI=1S/C16H13NO3/c17-14(18)8-12-11-6-7-20-9-13(11)15(16(12)19)10-4-2-1-3-5-10/h1-7,9,19H,8H2,(H2,17,18). The maximum atomic E-state index is 11.2. The molecule has 100 valence electrons. The third-order valence-corrected chi connectivity index (χ3v) is 3.32. The molecule has 1 heterocycles. The SMILES string of the molecule is NC(=O)Cc1c2ccocc-2c(-c2ccccc2)c1O. The Labute approximate surface area is 115 Å². The predicted molar refractivity (Wildman–Crippen MR) is 75.3 cm³/mol. The number of aromatic hydroxyl groups is 1. The Balaban J connectivity index is 2.28. The Kier molecular flexibility index (Phi) is 2.91. The first-order chi connectivity index (χ1) is 9.68. The molecule has 3 N–H and O–H groups in total. The molecule has 0 saturated heterocycles. The predicted octanol–water partition coefficient (Wildman–Crippen LogP) is 2.78. The van der Waals surface area contributed by atoms with Gasteiger partial charge in [0.1, 0.15) is 5.75 Å². The summed E-state index contributed by atoms with van der Waals surface area (Å²) in [4.78, 5) is 11.2. The third-order valence-electron chi connectivity index (χ3n) is 3.32. The van der Waals surface area contributed by atoms with Crippen LogP contribution in [0.3, 0.4) is 0 Å². The molecule has 0 atom stereocenters. The zero-order chi connectivity index (χ0) is 14.1. The van der Waals surface area contributed by atoms with Crippen molar-refractivity contribution in [1.82, 2.24) is 0 Å². The van der Waals surface area contributed by atoms with E-state index in [2.05, 4.69) is 0 Å². The van der Waals surface area contributed by atoms with Gasteiger partial charge >= 0.3 is 0 Å². The molecule has 0 spiro atoms. The monoisotopic (exact) mass is 267 g/mol. The smallest absolute Gasteiger partial charge is 0.222 e. The highest BCUT2D eigenvalue weighted by Crippen LogP contribution is 2.47. The summed E-state index contributed by atoms with van der Waals surface area (Å²) in [6, 6.07) is 11.2. The van der Waals surface area contributed by atoms with Crippen molar-refractivity contribution >= 4 is 5.91 Å². The van der Waals surface area contributed by atoms with Crippen LogP contribution in [0.15, 0.2) is 53.3 Å². The molecule has 1 aliphatic heterocycles. The number of amides is 1. The topological polar surface area (TPSA) is 76.5 Å². The van der Waals surface area contributed by atoms with Gasteiger partial charge in [0.05, 0.1) is 18.9 Å². The van der Waals surface area contributed by atoms with Crippen LogP contribution in [-0.4, -0.2) is 11.0 Å². The number of rotatable bonds is 3. The van der Waals surface area contributed by atoms with Gasteiger partial charge in [0, 0.05) is 16.7 Å². The lowest BCUT2D eigenvalue weighted by atomic mass is 10.0. The van der Waals surface area contributed by atoms with Crippen LogP contribution in [0, 0.1) is 0 Å². The van der Waals surface area contributed by atoms with Crippen molar-refractivity contribution in [2.24, 2.45) is 5.73 Å². The Morgan fingerprint density at radius 1 is 1.15 bits per heavy atom. The van der Waals surface area contributed by atoms with Crippen LogP contribution >= 0.6 is 0 Å². The average molecular weight is 267 g/mol. The Bertz CT molecular complexity index is 731. The van der Waals surface area contributed by atoms with Gasteiger partial charge in [-0.15, -0.1) is 0 Å². The fourth-order valence-electron chi connectivity index (χ4n) is 2.48. The first-order valence-electron chi connectivity index (χ1n) is 6.22. The van der Waals surface area contributed by atoms with E-state index in [0.29, 0.717) is 11.1 Å². The van der Waals surface area contributed by atoms with E-state index in [1.165, 1.54) is 6.26 Å². The lowest BCUT2D eigenvalue weighted by Crippen LogP contribution is -2.13. The molecule has 3 rings (SSSR count). The fourth-order valence-corrected chi connectivity index (χ4v) is 2.48. The number of primary amides is 1. The molecule has 0 fully saturated rings. The van der Waals surface area contributed by atoms with Gasteiger partial charge in [-0.05, 0) is 17.2 Å². The van der Waals surface area contributed by atoms with Crippen LogP contribution in [0.2, 0.25) is 0 Å². The zero-order valence-corrected chi connectivity index (χ0v) is 10.7. The molecule has 0 radical (unpaired) electrons. The number of nitrogens with two attached hydrogens (primary N) is 1. The van der Waals surface area contributed by atoms with Crippen LogP contribution in [0.1, 0.15) is 5.56 Å². The number of fused-ring (bicyclic) bond motifs is 1. The minimum atomic E-state index is -0.479. The number of carbonyl (C=O) groups excluding carboxylic acids is 1. The van der Waals surface area contributed by atoms with Crippen molar-refractivity contribution in [2.75, 3.05) is 0 Å². The summed E-state index contributed by atoms with van der Waals surface area (Å²) in [7, 11) is 0. The Hall–Kier alpha value is -2.75. The average Bonchev–Trinajstić information content (AvgIpc) is 2.72. The normalized spacial score (nSPS) is 10.8. The van der Waals surface area contributed by atoms with Gasteiger partial charge in [-0.3, -0.25) is 4.79 Å². The van der Waals surface area contributed by atoms with E-state index in [-0.39, 0.29) is 12.2 Å². The molecule has 0 unspecified atom stereocenters. The Morgan fingerprint density at radius 3 is 2.60 bits per heavy atom. The molecular weight excluding hydrogens is 254 g/mol. The summed E-state index contributed by atoms with van der Waals surface area (Å²) in [5, 5.41) is 10.5. The summed E-state index contributed by atoms with van der Waals surface area (Å²) in [5.74, 6) is -0.390. The van der Waals surface area contributed by atoms with Gasteiger partial charge in [-0.2, -0.15) is 0 Å². The number of carbonyl (C=O) groups is 1. The summed E-state index contributed by atoms with van der Waals surface area (Å²) >= 11 is 0. The molecule has 1 amide bonds. The molecule has 0 saturated carbocycles. The van der Waals surface area contributed by atoms with E-state index >= 15 is 0 Å². The molecular formula is C16H13NO3. The van der Waals surface area contributed by atoms with Crippen LogP contribution in [0.4, 0.5) is 0 Å². The van der Waals surface area contributed by atoms with Gasteiger partial charge in [0.25, 0.3) is 0 Å². The lowest BCUT2D eigenvalue weighted by molar-refractivity contribution is -0.117. The molecule has 4 nitrogen and oxygen atoms in total. The van der Waals surface area contributed by atoms with E-state index in [4.69, 9.17) is 10.2 Å². The van der Waals surface area contributed by atoms with Crippen LogP contribution in [-0.2, 0) is 11.2 Å². The van der Waals surface area contributed by atoms with E-state index in [0.717, 1.165) is 16.7 Å². The van der Waals surface area contributed by atoms with Crippen molar-refractivity contribution in [3.05, 3.63) is 54.5 Å². The van der Waals surface area contributed by atoms with Gasteiger partial charge in [0.15, 0.2) is 0 Å². The van der Waals surface area contributed by atoms with E-state index in [1.807, 2.05) is 30.3 Å². The highest BCUT2D eigenvalue weighted by atomic mass is 16.3. The fraction of sp³-hybridized carbons (Fsp3) is 0.0625. The Morgan fingerprint density at radius 2 is 1.90 bits per heavy atom. The van der Waals surface area contributed by atoms with Crippen molar-refractivity contribution in [3.8, 4) is 28.0 Å². The van der Waals surface area contributed by atoms with E-state index in [9.17, 15) is 9.90 Å². The van der Waals surface area contributed by atoms with Crippen molar-refractivity contribution in [3.63, 3.8) is 0 Å². The second kappa shape index (κ2) is 4.74. The van der Waals surface area contributed by atoms with Gasteiger partial charge in [0.2, 0.25) is 5.91 Å². The summed E-state index contributed by atoms with van der Waals surface area (Å²) in [6.07, 6.45) is 3.09. The summed E-state index contributed by atoms with van der Waals surface area (Å²) < 4.78 is 5.20. The van der Waals surface area contributed by atoms with Gasteiger partial charge in [-0.25, -0.2) is 0 Å². The van der Waals surface area contributed by atoms with Gasteiger partial charge < -0.3 is 15.3 Å². The summed E-state index contributed by atoms with van der Waals surface area (Å²) in [5.41, 5.74) is 8.89. The third kappa shape index (κ3) is 1.91. The molecule has 0 bridgehead atoms. The van der Waals surface area contributed by atoms with Crippen LogP contribution in [0.5, 0.6) is 5.75 Å². The molecule has 4 heteroatoms. The first-order valence-corrected chi connectivity index (χ1v) is 6.22. The van der Waals surface area contributed by atoms with Crippen LogP contribution in [0.25, 0.3) is 22.3 Å². The lowest BCUT2D eigenvalue weighted by Gasteiger charge is -2.03. The van der Waals surface area contributed by atoms with Gasteiger partial charge in [-0.1, -0.05) is 30.3 Å². The quantitative estimate of drug-likeness (QED) is 0.766. The minimum absolute atomic E-state index is 0.000813. The zero-order valence-electron chi connectivity index (χ0n) is 10.7. The molecule has 1 aromatic rings.